The molecule has 4 heteroatoms. The van der Waals surface area contributed by atoms with Crippen LogP contribution in [0.25, 0.3) is 11.1 Å². The van der Waals surface area contributed by atoms with Gasteiger partial charge >= 0.3 is 0 Å². The number of nitrogens with zero attached hydrogens (tertiary/aromatic N) is 1. The molecule has 2 rings (SSSR count). The first-order valence-corrected chi connectivity index (χ1v) is 6.14. The zero-order valence-electron chi connectivity index (χ0n) is 11.0. The normalized spacial score (nSPS) is 12.1. The minimum absolute atomic E-state index is 0.115. The van der Waals surface area contributed by atoms with Crippen LogP contribution in [-0.2, 0) is 0 Å². The first-order chi connectivity index (χ1) is 9.11. The van der Waals surface area contributed by atoms with Gasteiger partial charge in [0, 0.05) is 18.2 Å². The van der Waals surface area contributed by atoms with Gasteiger partial charge in [-0.1, -0.05) is 30.3 Å². The molecule has 1 unspecified atom stereocenters. The minimum atomic E-state index is -0.371. The number of rotatable bonds is 4. The molecule has 1 N–H and O–H groups in total. The third-order valence-corrected chi connectivity index (χ3v) is 3.21. The Kier molecular flexibility index (Phi) is 3.92. The summed E-state index contributed by atoms with van der Waals surface area (Å²) in [6.07, 6.45) is 0. The van der Waals surface area contributed by atoms with E-state index in [0.29, 0.717) is 0 Å². The number of hydrogen-bond donors (Lipinski definition) is 1. The van der Waals surface area contributed by atoms with Crippen molar-refractivity contribution in [1.29, 1.82) is 0 Å². The summed E-state index contributed by atoms with van der Waals surface area (Å²) in [5.41, 5.74) is 3.12. The Hall–Kier alpha value is -2.20. The molecule has 0 saturated heterocycles. The molecular formula is C15H16N2O2. The van der Waals surface area contributed by atoms with Crippen LogP contribution >= 0.6 is 0 Å². The molecule has 0 fully saturated rings. The molecule has 19 heavy (non-hydrogen) atoms. The lowest BCUT2D eigenvalue weighted by Gasteiger charge is -2.12. The maximum absolute atomic E-state index is 10.8. The lowest BCUT2D eigenvalue weighted by Crippen LogP contribution is -2.12. The Morgan fingerprint density at radius 3 is 2.37 bits per heavy atom. The standard InChI is InChI=1S/C15H16N2O2/c1-11(16-2)12-5-3-6-13(9-12)14-7-4-8-15(10-14)17(18)19/h3-11,16H,1-2H3. The van der Waals surface area contributed by atoms with Gasteiger partial charge in [-0.15, -0.1) is 0 Å². The van der Waals surface area contributed by atoms with Crippen molar-refractivity contribution in [3.05, 3.63) is 64.2 Å². The summed E-state index contributed by atoms with van der Waals surface area (Å²) >= 11 is 0. The second kappa shape index (κ2) is 5.63. The molecule has 0 aliphatic heterocycles. The third kappa shape index (κ3) is 2.98. The quantitative estimate of drug-likeness (QED) is 0.672. The summed E-state index contributed by atoms with van der Waals surface area (Å²) < 4.78 is 0. The summed E-state index contributed by atoms with van der Waals surface area (Å²) in [5.74, 6) is 0. The molecule has 0 radical (unpaired) electrons. The van der Waals surface area contributed by atoms with Gasteiger partial charge in [0.1, 0.15) is 0 Å². The maximum Gasteiger partial charge on any atom is 0.270 e. The van der Waals surface area contributed by atoms with E-state index in [1.54, 1.807) is 12.1 Å². The largest absolute Gasteiger partial charge is 0.313 e. The van der Waals surface area contributed by atoms with E-state index in [1.165, 1.54) is 6.07 Å². The fourth-order valence-electron chi connectivity index (χ4n) is 1.95. The van der Waals surface area contributed by atoms with Crippen molar-refractivity contribution >= 4 is 5.69 Å². The van der Waals surface area contributed by atoms with E-state index in [2.05, 4.69) is 18.3 Å². The smallest absolute Gasteiger partial charge is 0.270 e. The molecule has 0 spiro atoms. The zero-order valence-corrected chi connectivity index (χ0v) is 11.0. The highest BCUT2D eigenvalue weighted by Gasteiger charge is 2.08. The Balaban J connectivity index is 2.41. The van der Waals surface area contributed by atoms with Crippen LogP contribution in [0.3, 0.4) is 0 Å². The first kappa shape index (κ1) is 13.2. The fourth-order valence-corrected chi connectivity index (χ4v) is 1.95. The average Bonchev–Trinajstić information content (AvgIpc) is 2.46. The van der Waals surface area contributed by atoms with Crippen LogP contribution in [0.15, 0.2) is 48.5 Å². The van der Waals surface area contributed by atoms with Gasteiger partial charge in [0.2, 0.25) is 0 Å². The van der Waals surface area contributed by atoms with Crippen LogP contribution < -0.4 is 5.32 Å². The molecule has 1 atom stereocenters. The van der Waals surface area contributed by atoms with Crippen molar-refractivity contribution < 1.29 is 4.92 Å². The molecule has 2 aromatic rings. The number of hydrogen-bond acceptors (Lipinski definition) is 3. The highest BCUT2D eigenvalue weighted by molar-refractivity contribution is 5.66. The van der Waals surface area contributed by atoms with Gasteiger partial charge in [0.05, 0.1) is 4.92 Å². The second-order valence-corrected chi connectivity index (χ2v) is 4.44. The van der Waals surface area contributed by atoms with E-state index in [9.17, 15) is 10.1 Å². The number of benzene rings is 2. The molecular weight excluding hydrogens is 240 g/mol. The fraction of sp³-hybridized carbons (Fsp3) is 0.200. The molecule has 0 bridgehead atoms. The lowest BCUT2D eigenvalue weighted by molar-refractivity contribution is -0.384. The highest BCUT2D eigenvalue weighted by atomic mass is 16.6. The van der Waals surface area contributed by atoms with Gasteiger partial charge in [-0.3, -0.25) is 10.1 Å². The summed E-state index contributed by atoms with van der Waals surface area (Å²) in [7, 11) is 1.91. The zero-order chi connectivity index (χ0) is 13.8. The Labute approximate surface area is 112 Å². The van der Waals surface area contributed by atoms with E-state index in [0.717, 1.165) is 16.7 Å². The lowest BCUT2D eigenvalue weighted by atomic mass is 10.00. The minimum Gasteiger partial charge on any atom is -0.313 e. The van der Waals surface area contributed by atoms with Crippen LogP contribution in [0.1, 0.15) is 18.5 Å². The SMILES string of the molecule is CNC(C)c1cccc(-c2cccc([N+](=O)[O-])c2)c1. The molecule has 98 valence electrons. The summed E-state index contributed by atoms with van der Waals surface area (Å²) in [6, 6.07) is 15.0. The van der Waals surface area contributed by atoms with Gasteiger partial charge in [-0.25, -0.2) is 0 Å². The second-order valence-electron chi connectivity index (χ2n) is 4.44. The number of nitro groups is 1. The first-order valence-electron chi connectivity index (χ1n) is 6.14. The average molecular weight is 256 g/mol. The molecule has 0 aliphatic rings. The van der Waals surface area contributed by atoms with Crippen LogP contribution in [0, 0.1) is 10.1 Å². The van der Waals surface area contributed by atoms with Gasteiger partial charge in [-0.05, 0) is 36.7 Å². The van der Waals surface area contributed by atoms with Crippen molar-refractivity contribution in [1.82, 2.24) is 5.32 Å². The predicted octanol–water partition coefficient (Wildman–Crippen LogP) is 3.54. The number of nitro benzene ring substituents is 1. The number of nitrogens with one attached hydrogen (secondary N) is 1. The highest BCUT2D eigenvalue weighted by Crippen LogP contribution is 2.26. The van der Waals surface area contributed by atoms with E-state index >= 15 is 0 Å². The van der Waals surface area contributed by atoms with E-state index in [1.807, 2.05) is 31.3 Å². The Morgan fingerprint density at radius 1 is 1.11 bits per heavy atom. The molecule has 0 amide bonds. The molecule has 4 nitrogen and oxygen atoms in total. The molecule has 2 aromatic carbocycles. The van der Waals surface area contributed by atoms with Crippen molar-refractivity contribution in [3.63, 3.8) is 0 Å². The summed E-state index contributed by atoms with van der Waals surface area (Å²) in [4.78, 5) is 10.4. The van der Waals surface area contributed by atoms with Crippen LogP contribution in [0.4, 0.5) is 5.69 Å². The van der Waals surface area contributed by atoms with Crippen molar-refractivity contribution in [3.8, 4) is 11.1 Å². The number of non-ortho nitro benzene ring substituents is 1. The Bertz CT molecular complexity index is 596. The van der Waals surface area contributed by atoms with Gasteiger partial charge in [-0.2, -0.15) is 0 Å². The van der Waals surface area contributed by atoms with Crippen LogP contribution in [0.2, 0.25) is 0 Å². The molecule has 0 aliphatic carbocycles. The molecule has 0 saturated carbocycles. The van der Waals surface area contributed by atoms with Crippen molar-refractivity contribution in [2.45, 2.75) is 13.0 Å². The van der Waals surface area contributed by atoms with Gasteiger partial charge in [0.15, 0.2) is 0 Å². The predicted molar refractivity (Wildman–Crippen MR) is 76.0 cm³/mol. The van der Waals surface area contributed by atoms with E-state index in [-0.39, 0.29) is 16.7 Å². The summed E-state index contributed by atoms with van der Waals surface area (Å²) in [6.45, 7) is 2.08. The Morgan fingerprint density at radius 2 is 1.74 bits per heavy atom. The third-order valence-electron chi connectivity index (χ3n) is 3.21. The van der Waals surface area contributed by atoms with Gasteiger partial charge in [0.25, 0.3) is 5.69 Å². The topological polar surface area (TPSA) is 55.2 Å². The van der Waals surface area contributed by atoms with Crippen molar-refractivity contribution in [2.24, 2.45) is 0 Å². The molecule has 0 aromatic heterocycles. The molecule has 0 heterocycles. The monoisotopic (exact) mass is 256 g/mol. The maximum atomic E-state index is 10.8. The van der Waals surface area contributed by atoms with E-state index < -0.39 is 0 Å². The summed E-state index contributed by atoms with van der Waals surface area (Å²) in [5, 5.41) is 14.0. The van der Waals surface area contributed by atoms with E-state index in [4.69, 9.17) is 0 Å². The van der Waals surface area contributed by atoms with Crippen LogP contribution in [0.5, 0.6) is 0 Å². The van der Waals surface area contributed by atoms with Crippen molar-refractivity contribution in [2.75, 3.05) is 7.05 Å². The van der Waals surface area contributed by atoms with Crippen LogP contribution in [-0.4, -0.2) is 12.0 Å². The van der Waals surface area contributed by atoms with Gasteiger partial charge < -0.3 is 5.32 Å².